The Kier molecular flexibility index (Phi) is 3.69. The Morgan fingerprint density at radius 1 is 1.35 bits per heavy atom. The molecule has 0 unspecified atom stereocenters. The highest BCUT2D eigenvalue weighted by Crippen LogP contribution is 2.25. The Hall–Kier alpha value is -2.96. The molecule has 3 rings (SSSR count). The normalized spacial score (nSPS) is 11.0. The molecule has 0 amide bonds. The molecule has 23 heavy (non-hydrogen) atoms. The van der Waals surface area contributed by atoms with Crippen LogP contribution in [0.4, 0.5) is 4.39 Å². The van der Waals surface area contributed by atoms with E-state index in [1.165, 1.54) is 16.8 Å². The van der Waals surface area contributed by atoms with E-state index < -0.39 is 11.8 Å². The predicted molar refractivity (Wildman–Crippen MR) is 81.9 cm³/mol. The number of nitrogens with zero attached hydrogens (tertiary/aromatic N) is 2. The second-order valence-electron chi connectivity index (χ2n) is 5.20. The largest absolute Gasteiger partial charge is 0.481 e. The lowest BCUT2D eigenvalue weighted by molar-refractivity contribution is -0.136. The van der Waals surface area contributed by atoms with Gasteiger partial charge in [-0.2, -0.15) is 0 Å². The van der Waals surface area contributed by atoms with E-state index in [0.717, 1.165) is 0 Å². The molecule has 0 fully saturated rings. The average molecular weight is 315 g/mol. The van der Waals surface area contributed by atoms with Gasteiger partial charge in [0.2, 0.25) is 0 Å². The molecule has 0 bridgehead atoms. The molecular weight excluding hydrogens is 301 g/mol. The van der Waals surface area contributed by atoms with Crippen LogP contribution in [-0.4, -0.2) is 25.7 Å². The molecule has 0 aliphatic rings. The maximum atomic E-state index is 14.0. The zero-order valence-electron chi connectivity index (χ0n) is 12.3. The molecule has 1 aromatic carbocycles. The molecule has 0 radical (unpaired) electrons. The number of hydrogen-bond donors (Lipinski definition) is 2. The number of hydrogen-bond acceptors (Lipinski definition) is 3. The van der Waals surface area contributed by atoms with Crippen molar-refractivity contribution in [3.05, 3.63) is 57.9 Å². The Balaban J connectivity index is 2.18. The van der Waals surface area contributed by atoms with Crippen LogP contribution in [0.25, 0.3) is 16.8 Å². The quantitative estimate of drug-likeness (QED) is 0.772. The second kappa shape index (κ2) is 5.68. The summed E-state index contributed by atoms with van der Waals surface area (Å²) in [7, 11) is 0. The zero-order valence-corrected chi connectivity index (χ0v) is 12.3. The summed E-state index contributed by atoms with van der Waals surface area (Å²) in [4.78, 5) is 27.6. The number of aryl methyl sites for hydroxylation is 1. The summed E-state index contributed by atoms with van der Waals surface area (Å²) in [5.41, 5.74) is 1.57. The molecule has 118 valence electrons. The summed E-state index contributed by atoms with van der Waals surface area (Å²) < 4.78 is 15.2. The van der Waals surface area contributed by atoms with Crippen LogP contribution in [-0.2, 0) is 11.2 Å². The molecule has 2 aromatic heterocycles. The van der Waals surface area contributed by atoms with E-state index in [1.807, 2.05) is 0 Å². The zero-order chi connectivity index (χ0) is 16.6. The van der Waals surface area contributed by atoms with Crippen molar-refractivity contribution in [2.24, 2.45) is 0 Å². The second-order valence-corrected chi connectivity index (χ2v) is 5.20. The van der Waals surface area contributed by atoms with E-state index in [9.17, 15) is 14.0 Å². The Morgan fingerprint density at radius 3 is 2.78 bits per heavy atom. The number of aromatic nitrogens is 3. The van der Waals surface area contributed by atoms with Crippen molar-refractivity contribution in [2.75, 3.05) is 0 Å². The first-order chi connectivity index (χ1) is 11.0. The first-order valence-corrected chi connectivity index (χ1v) is 7.05. The molecule has 6 nitrogen and oxygen atoms in total. The van der Waals surface area contributed by atoms with Gasteiger partial charge in [0.05, 0.1) is 0 Å². The Labute approximate surface area is 130 Å². The fourth-order valence-electron chi connectivity index (χ4n) is 2.55. The molecule has 0 spiro atoms. The first kappa shape index (κ1) is 15.0. The first-order valence-electron chi connectivity index (χ1n) is 7.05. The van der Waals surface area contributed by atoms with E-state index >= 15 is 0 Å². The van der Waals surface area contributed by atoms with Crippen LogP contribution >= 0.6 is 0 Å². The number of rotatable bonds is 4. The molecule has 0 atom stereocenters. The van der Waals surface area contributed by atoms with Crippen LogP contribution in [0.3, 0.4) is 0 Å². The molecule has 2 N–H and O–H groups in total. The van der Waals surface area contributed by atoms with Gasteiger partial charge in [-0.05, 0) is 19.4 Å². The maximum absolute atomic E-state index is 14.0. The number of carboxylic acids is 1. The summed E-state index contributed by atoms with van der Waals surface area (Å²) in [5, 5.41) is 11.5. The van der Waals surface area contributed by atoms with Crippen LogP contribution in [0.2, 0.25) is 0 Å². The topological polar surface area (TPSA) is 87.5 Å². The fraction of sp³-hybridized carbons (Fsp3) is 0.188. The monoisotopic (exact) mass is 315 g/mol. The Morgan fingerprint density at radius 2 is 2.09 bits per heavy atom. The van der Waals surface area contributed by atoms with Crippen LogP contribution in [0.1, 0.15) is 17.7 Å². The third kappa shape index (κ3) is 2.61. The van der Waals surface area contributed by atoms with Crippen molar-refractivity contribution in [3.8, 4) is 11.1 Å². The van der Waals surface area contributed by atoms with Gasteiger partial charge in [-0.15, -0.1) is 0 Å². The van der Waals surface area contributed by atoms with Gasteiger partial charge in [-0.25, -0.2) is 13.9 Å². The van der Waals surface area contributed by atoms with E-state index in [2.05, 4.69) is 10.1 Å². The molecule has 0 saturated heterocycles. The third-order valence-electron chi connectivity index (χ3n) is 3.72. The lowest BCUT2D eigenvalue weighted by Crippen LogP contribution is -2.22. The van der Waals surface area contributed by atoms with Gasteiger partial charge < -0.3 is 5.11 Å². The van der Waals surface area contributed by atoms with Crippen molar-refractivity contribution < 1.29 is 14.3 Å². The average Bonchev–Trinajstić information content (AvgIpc) is 2.91. The van der Waals surface area contributed by atoms with Crippen molar-refractivity contribution in [1.82, 2.24) is 14.6 Å². The fourth-order valence-corrected chi connectivity index (χ4v) is 2.55. The number of benzene rings is 1. The molecule has 3 aromatic rings. The van der Waals surface area contributed by atoms with Crippen LogP contribution < -0.4 is 5.56 Å². The summed E-state index contributed by atoms with van der Waals surface area (Å²) in [6.45, 7) is 1.65. The van der Waals surface area contributed by atoms with Crippen molar-refractivity contribution >= 4 is 11.6 Å². The Bertz CT molecular complexity index is 959. The summed E-state index contributed by atoms with van der Waals surface area (Å²) in [5.74, 6) is -1.39. The minimum atomic E-state index is -0.979. The lowest BCUT2D eigenvalue weighted by atomic mass is 10.1. The number of carboxylic acid groups (broad SMARTS) is 1. The number of carbonyl (C=O) groups is 1. The van der Waals surface area contributed by atoms with Crippen molar-refractivity contribution in [1.29, 1.82) is 0 Å². The van der Waals surface area contributed by atoms with Crippen LogP contribution in [0.5, 0.6) is 0 Å². The number of H-pyrrole nitrogens is 1. The summed E-state index contributed by atoms with van der Waals surface area (Å²) >= 11 is 0. The molecule has 0 saturated carbocycles. The third-order valence-corrected chi connectivity index (χ3v) is 3.72. The van der Waals surface area contributed by atoms with Gasteiger partial charge in [-0.1, -0.05) is 18.2 Å². The van der Waals surface area contributed by atoms with E-state index in [4.69, 9.17) is 5.11 Å². The smallest absolute Gasteiger partial charge is 0.303 e. The van der Waals surface area contributed by atoms with E-state index in [0.29, 0.717) is 28.0 Å². The van der Waals surface area contributed by atoms with Gasteiger partial charge >= 0.3 is 5.97 Å². The van der Waals surface area contributed by atoms with Gasteiger partial charge in [0.1, 0.15) is 5.82 Å². The van der Waals surface area contributed by atoms with E-state index in [-0.39, 0.29) is 18.4 Å². The summed E-state index contributed by atoms with van der Waals surface area (Å²) in [6, 6.07) is 6.24. The number of fused-ring (bicyclic) bond motifs is 1. The minimum absolute atomic E-state index is 0.101. The number of aliphatic carboxylic acids is 1. The van der Waals surface area contributed by atoms with Gasteiger partial charge in [0.25, 0.3) is 5.56 Å². The highest BCUT2D eigenvalue weighted by atomic mass is 19.1. The SMILES string of the molecule is Cc1nc2c(-c3ccccc3F)c[nH]n2c(=O)c1CCC(=O)O. The van der Waals surface area contributed by atoms with E-state index in [1.54, 1.807) is 25.1 Å². The van der Waals surface area contributed by atoms with Crippen molar-refractivity contribution in [3.63, 3.8) is 0 Å². The van der Waals surface area contributed by atoms with Crippen molar-refractivity contribution in [2.45, 2.75) is 19.8 Å². The lowest BCUT2D eigenvalue weighted by Gasteiger charge is -2.05. The standard InChI is InChI=1S/C16H14FN3O3/c1-9-10(6-7-14(21)22)16(23)20-15(19-9)12(8-18-20)11-4-2-3-5-13(11)17/h2-5,8,18H,6-7H2,1H3,(H,21,22). The number of aromatic amines is 1. The molecule has 0 aliphatic carbocycles. The van der Waals surface area contributed by atoms with Gasteiger partial charge in [0, 0.05) is 35.0 Å². The minimum Gasteiger partial charge on any atom is -0.481 e. The predicted octanol–water partition coefficient (Wildman–Crippen LogP) is 2.15. The number of halogens is 1. The number of nitrogens with one attached hydrogen (secondary N) is 1. The summed E-state index contributed by atoms with van der Waals surface area (Å²) in [6.07, 6.45) is 1.47. The molecular formula is C16H14FN3O3. The molecule has 7 heteroatoms. The molecule has 2 heterocycles. The molecule has 0 aliphatic heterocycles. The van der Waals surface area contributed by atoms with Gasteiger partial charge in [0.15, 0.2) is 5.65 Å². The highest BCUT2D eigenvalue weighted by Gasteiger charge is 2.17. The van der Waals surface area contributed by atoms with Gasteiger partial charge in [-0.3, -0.25) is 14.7 Å². The van der Waals surface area contributed by atoms with Crippen LogP contribution in [0.15, 0.2) is 35.3 Å². The highest BCUT2D eigenvalue weighted by molar-refractivity contribution is 5.77. The maximum Gasteiger partial charge on any atom is 0.303 e. The van der Waals surface area contributed by atoms with Crippen LogP contribution in [0, 0.1) is 12.7 Å².